The summed E-state index contributed by atoms with van der Waals surface area (Å²) >= 11 is 0. The molecule has 0 spiro atoms. The van der Waals surface area contributed by atoms with Gasteiger partial charge in [0.05, 0.1) is 12.2 Å². The van der Waals surface area contributed by atoms with Gasteiger partial charge in [-0.05, 0) is 32.6 Å². The van der Waals surface area contributed by atoms with Gasteiger partial charge in [-0.3, -0.25) is 4.79 Å². The molecule has 2 saturated carbocycles. The molecule has 2 aliphatic rings. The monoisotopic (exact) mass is 390 g/mol. The fourth-order valence-corrected chi connectivity index (χ4v) is 4.25. The molecule has 3 aromatic rings. The summed E-state index contributed by atoms with van der Waals surface area (Å²) in [6, 6.07) is -0.171. The van der Waals surface area contributed by atoms with Crippen LogP contribution in [0.2, 0.25) is 0 Å². The van der Waals surface area contributed by atoms with E-state index in [4.69, 9.17) is 4.52 Å². The maximum Gasteiger partial charge on any atom is 0.262 e. The fraction of sp³-hybridized carbons (Fsp3) is 0.611. The molecule has 3 heterocycles. The molecule has 8 nitrogen and oxygen atoms in total. The van der Waals surface area contributed by atoms with Crippen LogP contribution < -0.4 is 5.56 Å². The third kappa shape index (κ3) is 2.82. The quantitative estimate of drug-likeness (QED) is 0.737. The Morgan fingerprint density at radius 3 is 2.57 bits per heavy atom. The number of alkyl halides is 2. The van der Waals surface area contributed by atoms with Gasteiger partial charge in [0.15, 0.2) is 11.5 Å². The van der Waals surface area contributed by atoms with Crippen molar-refractivity contribution in [2.45, 2.75) is 69.2 Å². The second-order valence-electron chi connectivity index (χ2n) is 7.83. The van der Waals surface area contributed by atoms with Crippen LogP contribution in [0.1, 0.15) is 73.9 Å². The molecule has 0 bridgehead atoms. The highest BCUT2D eigenvalue weighted by molar-refractivity contribution is 5.73. The SMILES string of the molecule is Cc1noc([C@H]2CC[C@@H]2c2nc3c(cnn3C3CCC(F)(F)CC3)c(=O)[nH]2)n1. The number of aromatic amines is 1. The van der Waals surface area contributed by atoms with Crippen LogP contribution >= 0.6 is 0 Å². The average Bonchev–Trinajstić information content (AvgIpc) is 3.21. The van der Waals surface area contributed by atoms with E-state index in [1.807, 2.05) is 0 Å². The number of rotatable bonds is 3. The smallest absolute Gasteiger partial charge is 0.262 e. The van der Waals surface area contributed by atoms with Crippen LogP contribution in [0.4, 0.5) is 8.78 Å². The van der Waals surface area contributed by atoms with Crippen LogP contribution in [0, 0.1) is 6.92 Å². The molecule has 3 aromatic heterocycles. The summed E-state index contributed by atoms with van der Waals surface area (Å²) in [7, 11) is 0. The first kappa shape index (κ1) is 17.4. The summed E-state index contributed by atoms with van der Waals surface area (Å²) in [6.45, 7) is 1.76. The topological polar surface area (TPSA) is 102 Å². The Labute approximate surface area is 158 Å². The van der Waals surface area contributed by atoms with E-state index in [0.717, 1.165) is 12.8 Å². The normalized spacial score (nSPS) is 25.1. The predicted molar refractivity (Wildman–Crippen MR) is 94.4 cm³/mol. The van der Waals surface area contributed by atoms with Gasteiger partial charge in [-0.25, -0.2) is 18.4 Å². The molecule has 0 radical (unpaired) electrons. The Kier molecular flexibility index (Phi) is 3.85. The van der Waals surface area contributed by atoms with E-state index in [9.17, 15) is 13.6 Å². The molecule has 0 saturated heterocycles. The fourth-order valence-electron chi connectivity index (χ4n) is 4.25. The lowest BCUT2D eigenvalue weighted by Gasteiger charge is -2.33. The van der Waals surface area contributed by atoms with Crippen LogP contribution in [0.15, 0.2) is 15.5 Å². The number of halogens is 2. The molecule has 0 aliphatic heterocycles. The van der Waals surface area contributed by atoms with Crippen LogP contribution in [-0.4, -0.2) is 35.8 Å². The van der Waals surface area contributed by atoms with Gasteiger partial charge in [-0.1, -0.05) is 5.16 Å². The highest BCUT2D eigenvalue weighted by atomic mass is 19.3. The lowest BCUT2D eigenvalue weighted by atomic mass is 9.73. The van der Waals surface area contributed by atoms with Crippen molar-refractivity contribution in [2.75, 3.05) is 0 Å². The maximum absolute atomic E-state index is 13.5. The van der Waals surface area contributed by atoms with Crippen molar-refractivity contribution < 1.29 is 13.3 Å². The number of nitrogens with one attached hydrogen (secondary N) is 1. The summed E-state index contributed by atoms with van der Waals surface area (Å²) < 4.78 is 34.0. The first-order chi connectivity index (χ1) is 13.4. The van der Waals surface area contributed by atoms with Gasteiger partial charge >= 0.3 is 0 Å². The Hall–Kier alpha value is -2.65. The number of H-pyrrole nitrogens is 1. The van der Waals surface area contributed by atoms with E-state index in [-0.39, 0.29) is 36.3 Å². The van der Waals surface area contributed by atoms with E-state index in [0.29, 0.717) is 41.4 Å². The number of hydrogen-bond donors (Lipinski definition) is 1. The van der Waals surface area contributed by atoms with Gasteiger partial charge in [-0.15, -0.1) is 0 Å². The molecule has 1 N–H and O–H groups in total. The van der Waals surface area contributed by atoms with Gasteiger partial charge < -0.3 is 9.51 Å². The Bertz CT molecular complexity index is 1080. The van der Waals surface area contributed by atoms with Crippen LogP contribution in [0.3, 0.4) is 0 Å². The molecule has 28 heavy (non-hydrogen) atoms. The van der Waals surface area contributed by atoms with E-state index in [1.54, 1.807) is 11.6 Å². The summed E-state index contributed by atoms with van der Waals surface area (Å²) in [5.41, 5.74) is 0.195. The van der Waals surface area contributed by atoms with Crippen LogP contribution in [0.25, 0.3) is 11.0 Å². The van der Waals surface area contributed by atoms with Crippen molar-refractivity contribution in [2.24, 2.45) is 0 Å². The summed E-state index contributed by atoms with van der Waals surface area (Å²) in [5.74, 6) is -0.920. The van der Waals surface area contributed by atoms with Gasteiger partial charge in [0, 0.05) is 24.7 Å². The summed E-state index contributed by atoms with van der Waals surface area (Å²) in [4.78, 5) is 24.4. The highest BCUT2D eigenvalue weighted by Gasteiger charge is 2.40. The van der Waals surface area contributed by atoms with Crippen LogP contribution in [-0.2, 0) is 0 Å². The third-order valence-electron chi connectivity index (χ3n) is 6.00. The number of fused-ring (bicyclic) bond motifs is 1. The van der Waals surface area contributed by atoms with E-state index in [2.05, 4.69) is 25.2 Å². The molecular weight excluding hydrogens is 370 g/mol. The molecule has 2 fully saturated rings. The van der Waals surface area contributed by atoms with Gasteiger partial charge in [0.2, 0.25) is 11.8 Å². The first-order valence-corrected chi connectivity index (χ1v) is 9.57. The molecule has 0 aromatic carbocycles. The molecular formula is C18H20F2N6O2. The third-order valence-corrected chi connectivity index (χ3v) is 6.00. The lowest BCUT2D eigenvalue weighted by molar-refractivity contribution is -0.0446. The van der Waals surface area contributed by atoms with Gasteiger partial charge in [0.25, 0.3) is 5.56 Å². The number of aromatic nitrogens is 6. The number of aryl methyl sites for hydroxylation is 1. The highest BCUT2D eigenvalue weighted by Crippen LogP contribution is 2.47. The van der Waals surface area contributed by atoms with Crippen molar-refractivity contribution in [1.29, 1.82) is 0 Å². The minimum absolute atomic E-state index is 0.0176. The molecule has 0 amide bonds. The zero-order valence-corrected chi connectivity index (χ0v) is 15.4. The van der Waals surface area contributed by atoms with Crippen molar-refractivity contribution >= 4 is 11.0 Å². The van der Waals surface area contributed by atoms with Crippen molar-refractivity contribution in [3.05, 3.63) is 34.1 Å². The van der Waals surface area contributed by atoms with E-state index in [1.165, 1.54) is 6.20 Å². The van der Waals surface area contributed by atoms with E-state index >= 15 is 0 Å². The van der Waals surface area contributed by atoms with Gasteiger partial charge in [-0.2, -0.15) is 10.1 Å². The molecule has 5 rings (SSSR count). The minimum atomic E-state index is -2.61. The zero-order valence-electron chi connectivity index (χ0n) is 15.4. The standard InChI is InChI=1S/C18H20F2N6O2/c1-9-22-17(28-25-9)12-3-2-11(12)14-23-15-13(16(27)24-14)8-21-26(15)10-4-6-18(19,20)7-5-10/h8,10-12H,2-7H2,1H3,(H,23,24,27)/t11-,12-/m0/s1. The molecule has 10 heteroatoms. The Morgan fingerprint density at radius 2 is 1.93 bits per heavy atom. The second kappa shape index (κ2) is 6.18. The summed E-state index contributed by atoms with van der Waals surface area (Å²) in [5, 5.41) is 8.52. The minimum Gasteiger partial charge on any atom is -0.339 e. The van der Waals surface area contributed by atoms with Gasteiger partial charge in [0.1, 0.15) is 11.2 Å². The zero-order chi connectivity index (χ0) is 19.5. The second-order valence-corrected chi connectivity index (χ2v) is 7.83. The predicted octanol–water partition coefficient (Wildman–Crippen LogP) is 3.22. The molecule has 0 unspecified atom stereocenters. The molecule has 2 aliphatic carbocycles. The van der Waals surface area contributed by atoms with Crippen molar-refractivity contribution in [1.82, 2.24) is 29.9 Å². The first-order valence-electron chi connectivity index (χ1n) is 9.57. The number of nitrogens with zero attached hydrogens (tertiary/aromatic N) is 5. The summed E-state index contributed by atoms with van der Waals surface area (Å²) in [6.07, 6.45) is 3.50. The molecule has 148 valence electrons. The van der Waals surface area contributed by atoms with E-state index < -0.39 is 5.92 Å². The van der Waals surface area contributed by atoms with Crippen LogP contribution in [0.5, 0.6) is 0 Å². The maximum atomic E-state index is 13.5. The Balaban J connectivity index is 1.49. The lowest BCUT2D eigenvalue weighted by Crippen LogP contribution is -2.28. The van der Waals surface area contributed by atoms with Crippen molar-refractivity contribution in [3.63, 3.8) is 0 Å². The average molecular weight is 390 g/mol. The Morgan fingerprint density at radius 1 is 1.18 bits per heavy atom. The number of hydrogen-bond acceptors (Lipinski definition) is 6. The largest absolute Gasteiger partial charge is 0.339 e. The van der Waals surface area contributed by atoms with Crippen molar-refractivity contribution in [3.8, 4) is 0 Å². The molecule has 2 atom stereocenters.